The van der Waals surface area contributed by atoms with Crippen LogP contribution >= 0.6 is 11.3 Å². The normalized spacial score (nSPS) is 12.4. The third-order valence-electron chi connectivity index (χ3n) is 4.90. The molecule has 3 rings (SSSR count). The second kappa shape index (κ2) is 9.65. The molecule has 32 heavy (non-hydrogen) atoms. The lowest BCUT2D eigenvalue weighted by Gasteiger charge is -2.20. The molecule has 1 amide bonds. The van der Waals surface area contributed by atoms with Gasteiger partial charge in [-0.2, -0.15) is 0 Å². The second-order valence-corrected chi connectivity index (χ2v) is 8.58. The number of carbonyl (C=O) groups is 1. The van der Waals surface area contributed by atoms with E-state index in [1.807, 2.05) is 32.0 Å². The smallest absolute Gasteiger partial charge is 0.485 e. The summed E-state index contributed by atoms with van der Waals surface area (Å²) in [5.74, 6) is -0.0300. The Morgan fingerprint density at radius 1 is 1.03 bits per heavy atom. The van der Waals surface area contributed by atoms with E-state index in [1.54, 1.807) is 18.2 Å². The van der Waals surface area contributed by atoms with Crippen LogP contribution in [0.4, 0.5) is 13.2 Å². The van der Waals surface area contributed by atoms with Gasteiger partial charge in [0.2, 0.25) is 0 Å². The van der Waals surface area contributed by atoms with Gasteiger partial charge in [-0.05, 0) is 78.9 Å². The first-order valence-electron chi connectivity index (χ1n) is 10.1. The van der Waals surface area contributed by atoms with E-state index in [0.717, 1.165) is 40.0 Å². The van der Waals surface area contributed by atoms with Crippen molar-refractivity contribution in [2.45, 2.75) is 46.1 Å². The van der Waals surface area contributed by atoms with Gasteiger partial charge in [0.25, 0.3) is 5.91 Å². The number of benzene rings is 2. The summed E-state index contributed by atoms with van der Waals surface area (Å²) in [5.41, 5.74) is 8.95. The first-order valence-corrected chi connectivity index (χ1v) is 10.9. The molecule has 0 aliphatic carbocycles. The number of nitrogens with two attached hydrogens (primary N) is 1. The number of rotatable bonds is 8. The van der Waals surface area contributed by atoms with Gasteiger partial charge in [0, 0.05) is 4.88 Å². The fourth-order valence-electron chi connectivity index (χ4n) is 3.61. The highest BCUT2D eigenvalue weighted by molar-refractivity contribution is 7.14. The molecule has 4 nitrogen and oxygen atoms in total. The monoisotopic (exact) mass is 463 g/mol. The maximum atomic E-state index is 12.4. The van der Waals surface area contributed by atoms with Crippen molar-refractivity contribution in [2.24, 2.45) is 5.73 Å². The summed E-state index contributed by atoms with van der Waals surface area (Å²) in [6, 6.07) is 13.2. The molecule has 0 saturated carbocycles. The highest BCUT2D eigenvalue weighted by Crippen LogP contribution is 2.36. The minimum atomic E-state index is -4.72. The molecule has 0 aliphatic rings. The van der Waals surface area contributed by atoms with E-state index < -0.39 is 12.3 Å². The second-order valence-electron chi connectivity index (χ2n) is 7.47. The summed E-state index contributed by atoms with van der Waals surface area (Å²) in [6.07, 6.45) is -3.25. The molecule has 2 aromatic carbocycles. The van der Waals surface area contributed by atoms with E-state index in [-0.39, 0.29) is 11.9 Å². The number of primary amides is 1. The number of carbonyl (C=O) groups excluding carboxylic acids is 1. The van der Waals surface area contributed by atoms with Crippen LogP contribution in [0.5, 0.6) is 11.5 Å². The van der Waals surface area contributed by atoms with Gasteiger partial charge in [-0.15, -0.1) is 24.5 Å². The maximum Gasteiger partial charge on any atom is 0.573 e. The average Bonchev–Trinajstić information content (AvgIpc) is 3.18. The number of halogens is 3. The van der Waals surface area contributed by atoms with E-state index in [0.29, 0.717) is 10.6 Å². The molecule has 0 saturated heterocycles. The fourth-order valence-corrected chi connectivity index (χ4v) is 4.54. The summed E-state index contributed by atoms with van der Waals surface area (Å²) in [5, 5.41) is 0. The van der Waals surface area contributed by atoms with Crippen LogP contribution in [-0.4, -0.2) is 12.3 Å². The minimum absolute atomic E-state index is 0.207. The van der Waals surface area contributed by atoms with Crippen molar-refractivity contribution in [1.82, 2.24) is 0 Å². The van der Waals surface area contributed by atoms with Gasteiger partial charge in [-0.3, -0.25) is 4.79 Å². The van der Waals surface area contributed by atoms with Gasteiger partial charge >= 0.3 is 6.36 Å². The van der Waals surface area contributed by atoms with E-state index in [9.17, 15) is 18.0 Å². The summed E-state index contributed by atoms with van der Waals surface area (Å²) in [6.45, 7) is 5.92. The molecule has 0 fully saturated rings. The predicted molar refractivity (Wildman–Crippen MR) is 119 cm³/mol. The molecule has 1 heterocycles. The Labute approximate surface area is 188 Å². The Bertz CT molecular complexity index is 1070. The van der Waals surface area contributed by atoms with Crippen LogP contribution in [-0.2, 0) is 0 Å². The topological polar surface area (TPSA) is 61.6 Å². The average molecular weight is 464 g/mol. The number of ether oxygens (including phenoxy) is 2. The molecule has 170 valence electrons. The highest BCUT2D eigenvalue weighted by atomic mass is 32.1. The van der Waals surface area contributed by atoms with Crippen LogP contribution in [0.25, 0.3) is 11.1 Å². The number of thiophene rings is 1. The Balaban J connectivity index is 1.84. The Morgan fingerprint density at radius 2 is 1.66 bits per heavy atom. The molecule has 1 aromatic heterocycles. The molecule has 1 unspecified atom stereocenters. The highest BCUT2D eigenvalue weighted by Gasteiger charge is 2.31. The largest absolute Gasteiger partial charge is 0.573 e. The van der Waals surface area contributed by atoms with Crippen molar-refractivity contribution in [1.29, 1.82) is 0 Å². The molecule has 0 radical (unpaired) electrons. The van der Waals surface area contributed by atoms with E-state index in [1.165, 1.54) is 23.5 Å². The molecule has 2 N–H and O–H groups in total. The molecule has 1 atom stereocenters. The zero-order valence-electron chi connectivity index (χ0n) is 18.0. The van der Waals surface area contributed by atoms with E-state index in [4.69, 9.17) is 10.5 Å². The summed E-state index contributed by atoms with van der Waals surface area (Å²) in [7, 11) is 0. The van der Waals surface area contributed by atoms with Crippen LogP contribution in [0, 0.1) is 13.8 Å². The summed E-state index contributed by atoms with van der Waals surface area (Å²) < 4.78 is 47.4. The standard InChI is InChI=1S/C24H24F3NO3S/c1-4-5-19(20-10-11-21(32-20)23(28)29)30-18-12-14(2)22(15(3)13-18)16-6-8-17(9-7-16)31-24(25,26)27/h6-13,19H,4-5H2,1-3H3,(H2,28,29). The quantitative estimate of drug-likeness (QED) is 0.393. The van der Waals surface area contributed by atoms with Crippen molar-refractivity contribution in [3.05, 3.63) is 69.4 Å². The van der Waals surface area contributed by atoms with Crippen LogP contribution in [0.1, 0.15) is 51.5 Å². The van der Waals surface area contributed by atoms with Gasteiger partial charge in [-0.1, -0.05) is 25.5 Å². The minimum Gasteiger partial charge on any atom is -0.485 e. The SMILES string of the molecule is CCCC(Oc1cc(C)c(-c2ccc(OC(F)(F)F)cc2)c(C)c1)c1ccc(C(N)=O)s1. The van der Waals surface area contributed by atoms with Gasteiger partial charge in [0.15, 0.2) is 0 Å². The van der Waals surface area contributed by atoms with Crippen LogP contribution < -0.4 is 15.2 Å². The Morgan fingerprint density at radius 3 is 2.16 bits per heavy atom. The molecule has 3 aromatic rings. The number of hydrogen-bond acceptors (Lipinski definition) is 4. The number of hydrogen-bond donors (Lipinski definition) is 1. The van der Waals surface area contributed by atoms with Crippen molar-refractivity contribution in [3.63, 3.8) is 0 Å². The van der Waals surface area contributed by atoms with Crippen molar-refractivity contribution < 1.29 is 27.4 Å². The van der Waals surface area contributed by atoms with Gasteiger partial charge in [0.05, 0.1) is 4.88 Å². The first kappa shape index (κ1) is 23.7. The summed E-state index contributed by atoms with van der Waals surface area (Å²) >= 11 is 1.33. The molecular formula is C24H24F3NO3S. The van der Waals surface area contributed by atoms with Crippen LogP contribution in [0.2, 0.25) is 0 Å². The number of alkyl halides is 3. The van der Waals surface area contributed by atoms with Crippen molar-refractivity contribution in [3.8, 4) is 22.6 Å². The first-order chi connectivity index (χ1) is 15.1. The van der Waals surface area contributed by atoms with Crippen molar-refractivity contribution >= 4 is 17.2 Å². The van der Waals surface area contributed by atoms with Gasteiger partial charge in [0.1, 0.15) is 17.6 Å². The molecular weight excluding hydrogens is 439 g/mol. The third kappa shape index (κ3) is 5.82. The summed E-state index contributed by atoms with van der Waals surface area (Å²) in [4.78, 5) is 12.9. The lowest BCUT2D eigenvalue weighted by molar-refractivity contribution is -0.274. The lowest BCUT2D eigenvalue weighted by Crippen LogP contribution is -2.16. The molecule has 0 aliphatic heterocycles. The zero-order chi connectivity index (χ0) is 23.5. The Hall–Kier alpha value is -3.00. The van der Waals surface area contributed by atoms with E-state index >= 15 is 0 Å². The van der Waals surface area contributed by atoms with Gasteiger partial charge in [-0.25, -0.2) is 0 Å². The fraction of sp³-hybridized carbons (Fsp3) is 0.292. The zero-order valence-corrected chi connectivity index (χ0v) is 18.8. The molecule has 0 bridgehead atoms. The molecule has 0 spiro atoms. The number of aryl methyl sites for hydroxylation is 2. The van der Waals surface area contributed by atoms with E-state index in [2.05, 4.69) is 11.7 Å². The predicted octanol–water partition coefficient (Wildman–Crippen LogP) is 6.95. The van der Waals surface area contributed by atoms with Crippen LogP contribution in [0.15, 0.2) is 48.5 Å². The maximum absolute atomic E-state index is 12.4. The van der Waals surface area contributed by atoms with Crippen molar-refractivity contribution in [2.75, 3.05) is 0 Å². The van der Waals surface area contributed by atoms with Crippen LogP contribution in [0.3, 0.4) is 0 Å². The number of amides is 1. The lowest BCUT2D eigenvalue weighted by atomic mass is 9.95. The molecule has 8 heteroatoms. The van der Waals surface area contributed by atoms with Gasteiger partial charge < -0.3 is 15.2 Å². The third-order valence-corrected chi connectivity index (χ3v) is 6.09. The Kier molecular flexibility index (Phi) is 7.13.